The van der Waals surface area contributed by atoms with Crippen LogP contribution < -0.4 is 16.0 Å². The maximum absolute atomic E-state index is 12.2. The molecule has 0 spiro atoms. The summed E-state index contributed by atoms with van der Waals surface area (Å²) >= 11 is 5.96. The van der Waals surface area contributed by atoms with Gasteiger partial charge in [0.05, 0.1) is 10.6 Å². The average molecular weight is 361 g/mol. The zero-order chi connectivity index (χ0) is 18.4. The SMILES string of the molecule is CC(=O)Nc1ccnc(NC(=O)C(C)NC(=O)c2ccccc2Cl)c1. The molecule has 8 heteroatoms. The van der Waals surface area contributed by atoms with Gasteiger partial charge >= 0.3 is 0 Å². The van der Waals surface area contributed by atoms with Crippen LogP contribution in [0.1, 0.15) is 24.2 Å². The quantitative estimate of drug-likeness (QED) is 0.762. The Morgan fingerprint density at radius 1 is 1.12 bits per heavy atom. The first-order valence-electron chi connectivity index (χ1n) is 7.46. The number of hydrogen-bond donors (Lipinski definition) is 3. The van der Waals surface area contributed by atoms with E-state index in [0.29, 0.717) is 10.7 Å². The molecule has 3 amide bonds. The van der Waals surface area contributed by atoms with Crippen LogP contribution in [0.25, 0.3) is 0 Å². The van der Waals surface area contributed by atoms with Crippen LogP contribution in [0.4, 0.5) is 11.5 Å². The molecule has 1 aromatic carbocycles. The van der Waals surface area contributed by atoms with Crippen LogP contribution in [0.2, 0.25) is 5.02 Å². The van der Waals surface area contributed by atoms with Crippen LogP contribution in [0.15, 0.2) is 42.6 Å². The molecule has 1 heterocycles. The van der Waals surface area contributed by atoms with Crippen molar-refractivity contribution >= 4 is 40.8 Å². The van der Waals surface area contributed by atoms with Crippen LogP contribution in [-0.2, 0) is 9.59 Å². The summed E-state index contributed by atoms with van der Waals surface area (Å²) < 4.78 is 0. The minimum absolute atomic E-state index is 0.233. The first kappa shape index (κ1) is 18.4. The first-order valence-corrected chi connectivity index (χ1v) is 7.84. The number of aromatic nitrogens is 1. The van der Waals surface area contributed by atoms with E-state index in [1.807, 2.05) is 0 Å². The van der Waals surface area contributed by atoms with Gasteiger partial charge in [0.25, 0.3) is 5.91 Å². The van der Waals surface area contributed by atoms with E-state index in [4.69, 9.17) is 11.6 Å². The smallest absolute Gasteiger partial charge is 0.253 e. The number of rotatable bonds is 5. The van der Waals surface area contributed by atoms with E-state index in [0.717, 1.165) is 0 Å². The lowest BCUT2D eigenvalue weighted by molar-refractivity contribution is -0.117. The second-order valence-corrected chi connectivity index (χ2v) is 5.68. The molecule has 2 aromatic rings. The second-order valence-electron chi connectivity index (χ2n) is 5.28. The molecule has 0 saturated heterocycles. The monoisotopic (exact) mass is 360 g/mol. The van der Waals surface area contributed by atoms with Crippen LogP contribution in [0.5, 0.6) is 0 Å². The van der Waals surface area contributed by atoms with Crippen molar-refractivity contribution in [2.75, 3.05) is 10.6 Å². The molecule has 2 rings (SSSR count). The lowest BCUT2D eigenvalue weighted by Gasteiger charge is -2.14. The third-order valence-corrected chi connectivity index (χ3v) is 3.52. The fraction of sp³-hybridized carbons (Fsp3) is 0.176. The van der Waals surface area contributed by atoms with Crippen molar-refractivity contribution in [2.24, 2.45) is 0 Å². The number of amides is 3. The van der Waals surface area contributed by atoms with Gasteiger partial charge in [-0.3, -0.25) is 14.4 Å². The molecule has 1 unspecified atom stereocenters. The van der Waals surface area contributed by atoms with E-state index >= 15 is 0 Å². The van der Waals surface area contributed by atoms with E-state index in [1.165, 1.54) is 19.2 Å². The van der Waals surface area contributed by atoms with Crippen LogP contribution in [-0.4, -0.2) is 28.7 Å². The number of nitrogens with one attached hydrogen (secondary N) is 3. The fourth-order valence-corrected chi connectivity index (χ4v) is 2.22. The van der Waals surface area contributed by atoms with Crippen LogP contribution in [0.3, 0.4) is 0 Å². The number of anilines is 2. The molecule has 0 aliphatic carbocycles. The molecule has 7 nitrogen and oxygen atoms in total. The van der Waals surface area contributed by atoms with Crippen molar-refractivity contribution < 1.29 is 14.4 Å². The predicted octanol–water partition coefficient (Wildman–Crippen LogP) is 2.45. The molecule has 25 heavy (non-hydrogen) atoms. The number of carbonyl (C=O) groups excluding carboxylic acids is 3. The van der Waals surface area contributed by atoms with Crippen molar-refractivity contribution in [3.63, 3.8) is 0 Å². The maximum Gasteiger partial charge on any atom is 0.253 e. The first-order chi connectivity index (χ1) is 11.9. The van der Waals surface area contributed by atoms with E-state index in [-0.39, 0.29) is 17.3 Å². The van der Waals surface area contributed by atoms with Crippen LogP contribution >= 0.6 is 11.6 Å². The number of benzene rings is 1. The van der Waals surface area contributed by atoms with Gasteiger partial charge < -0.3 is 16.0 Å². The number of pyridine rings is 1. The van der Waals surface area contributed by atoms with Gasteiger partial charge in [-0.25, -0.2) is 4.98 Å². The molecule has 0 fully saturated rings. The minimum atomic E-state index is -0.810. The van der Waals surface area contributed by atoms with Crippen molar-refractivity contribution in [3.05, 3.63) is 53.2 Å². The summed E-state index contributed by atoms with van der Waals surface area (Å²) in [6.45, 7) is 2.92. The Hall–Kier alpha value is -2.93. The molecule has 1 aromatic heterocycles. The Bertz CT molecular complexity index is 810. The highest BCUT2D eigenvalue weighted by Gasteiger charge is 2.18. The van der Waals surface area contributed by atoms with E-state index in [1.54, 1.807) is 37.3 Å². The van der Waals surface area contributed by atoms with E-state index in [2.05, 4.69) is 20.9 Å². The Morgan fingerprint density at radius 3 is 2.52 bits per heavy atom. The molecule has 130 valence electrons. The van der Waals surface area contributed by atoms with Gasteiger partial charge in [-0.2, -0.15) is 0 Å². The zero-order valence-electron chi connectivity index (χ0n) is 13.7. The van der Waals surface area contributed by atoms with Crippen molar-refractivity contribution in [1.29, 1.82) is 0 Å². The average Bonchev–Trinajstić information content (AvgIpc) is 2.54. The third kappa shape index (κ3) is 5.29. The van der Waals surface area contributed by atoms with E-state index in [9.17, 15) is 14.4 Å². The van der Waals surface area contributed by atoms with E-state index < -0.39 is 17.9 Å². The van der Waals surface area contributed by atoms with Gasteiger partial charge in [0.15, 0.2) is 0 Å². The topological polar surface area (TPSA) is 100 Å². The lowest BCUT2D eigenvalue weighted by Crippen LogP contribution is -2.41. The largest absolute Gasteiger partial charge is 0.340 e. The summed E-state index contributed by atoms with van der Waals surface area (Å²) in [5.74, 6) is -0.875. The summed E-state index contributed by atoms with van der Waals surface area (Å²) in [5, 5.41) is 8.04. The molecular formula is C17H17ClN4O3. The van der Waals surface area contributed by atoms with Crippen molar-refractivity contribution in [2.45, 2.75) is 19.9 Å². The molecule has 1 atom stereocenters. The van der Waals surface area contributed by atoms with Crippen molar-refractivity contribution in [3.8, 4) is 0 Å². The number of hydrogen-bond acceptors (Lipinski definition) is 4. The Labute approximate surface area is 149 Å². The second kappa shape index (κ2) is 8.25. The molecule has 0 aliphatic rings. The lowest BCUT2D eigenvalue weighted by atomic mass is 10.2. The summed E-state index contributed by atoms with van der Waals surface area (Å²) in [6, 6.07) is 8.86. The van der Waals surface area contributed by atoms with Gasteiger partial charge in [0, 0.05) is 24.9 Å². The molecule has 0 aliphatic heterocycles. The minimum Gasteiger partial charge on any atom is -0.340 e. The molecule has 0 bridgehead atoms. The Balaban J connectivity index is 2.00. The highest BCUT2D eigenvalue weighted by Crippen LogP contribution is 2.15. The Morgan fingerprint density at radius 2 is 1.84 bits per heavy atom. The molecule has 0 saturated carbocycles. The van der Waals surface area contributed by atoms with Crippen molar-refractivity contribution in [1.82, 2.24) is 10.3 Å². The predicted molar refractivity (Wildman–Crippen MR) is 95.6 cm³/mol. The normalized spacial score (nSPS) is 11.3. The maximum atomic E-state index is 12.2. The van der Waals surface area contributed by atoms with Gasteiger partial charge in [0.2, 0.25) is 11.8 Å². The number of nitrogens with zero attached hydrogens (tertiary/aromatic N) is 1. The Kier molecular flexibility index (Phi) is 6.08. The van der Waals surface area contributed by atoms with Gasteiger partial charge in [-0.15, -0.1) is 0 Å². The fourth-order valence-electron chi connectivity index (χ4n) is 2.00. The summed E-state index contributed by atoms with van der Waals surface area (Å²) in [4.78, 5) is 39.4. The number of carbonyl (C=O) groups is 3. The highest BCUT2D eigenvalue weighted by molar-refractivity contribution is 6.33. The third-order valence-electron chi connectivity index (χ3n) is 3.19. The summed E-state index contributed by atoms with van der Waals surface area (Å²) in [6.07, 6.45) is 1.45. The summed E-state index contributed by atoms with van der Waals surface area (Å²) in [7, 11) is 0. The van der Waals surface area contributed by atoms with Gasteiger partial charge in [-0.1, -0.05) is 23.7 Å². The van der Waals surface area contributed by atoms with Crippen LogP contribution in [0, 0.1) is 0 Å². The molecule has 3 N–H and O–H groups in total. The number of halogens is 1. The van der Waals surface area contributed by atoms with Gasteiger partial charge in [0.1, 0.15) is 11.9 Å². The molecule has 0 radical (unpaired) electrons. The highest BCUT2D eigenvalue weighted by atomic mass is 35.5. The van der Waals surface area contributed by atoms with Gasteiger partial charge in [-0.05, 0) is 25.1 Å². The standard InChI is InChI=1S/C17H17ClN4O3/c1-10(20-17(25)13-5-3-4-6-14(13)18)16(24)22-15-9-12(7-8-19-15)21-11(2)23/h3-10H,1-2H3,(H,20,25)(H2,19,21,22,23,24). The zero-order valence-corrected chi connectivity index (χ0v) is 14.4. The summed E-state index contributed by atoms with van der Waals surface area (Å²) in [5.41, 5.74) is 0.792. The molecular weight excluding hydrogens is 344 g/mol.